The summed E-state index contributed by atoms with van der Waals surface area (Å²) in [5, 5.41) is 0. The monoisotopic (exact) mass is 230 g/mol. The summed E-state index contributed by atoms with van der Waals surface area (Å²) >= 11 is 0. The molecular formula is C9H11O5P. The zero-order valence-electron chi connectivity index (χ0n) is 8.16. The van der Waals surface area contributed by atoms with Crippen LogP contribution in [0.1, 0.15) is 6.92 Å². The lowest BCUT2D eigenvalue weighted by Gasteiger charge is -2.14. The van der Waals surface area contributed by atoms with E-state index in [0.717, 1.165) is 0 Å². The third kappa shape index (κ3) is 3.73. The molecule has 0 aromatic heterocycles. The summed E-state index contributed by atoms with van der Waals surface area (Å²) in [6.45, 7) is 1.78. The molecule has 1 unspecified atom stereocenters. The van der Waals surface area contributed by atoms with Gasteiger partial charge in [0.2, 0.25) is 0 Å². The maximum atomic E-state index is 11.7. The van der Waals surface area contributed by atoms with E-state index in [1.165, 1.54) is 0 Å². The van der Waals surface area contributed by atoms with E-state index in [-0.39, 0.29) is 13.1 Å². The smallest absolute Gasteiger partial charge is 0.395 e. The molecule has 6 heteroatoms. The molecule has 0 saturated carbocycles. The first kappa shape index (κ1) is 11.8. The molecule has 0 amide bonds. The van der Waals surface area contributed by atoms with Crippen molar-refractivity contribution in [2.24, 2.45) is 0 Å². The van der Waals surface area contributed by atoms with E-state index in [1.54, 1.807) is 37.3 Å². The highest BCUT2D eigenvalue weighted by Gasteiger charge is 2.28. The summed E-state index contributed by atoms with van der Waals surface area (Å²) in [7, 11) is -3.81. The molecule has 1 atom stereocenters. The van der Waals surface area contributed by atoms with Gasteiger partial charge in [0.1, 0.15) is 5.75 Å². The first-order valence-corrected chi connectivity index (χ1v) is 5.77. The maximum absolute atomic E-state index is 11.7. The third-order valence-corrected chi connectivity index (χ3v) is 2.77. The number of phosphoric ester groups is 1. The lowest BCUT2D eigenvalue weighted by Crippen LogP contribution is -2.01. The van der Waals surface area contributed by atoms with Crippen molar-refractivity contribution >= 4 is 14.3 Å². The van der Waals surface area contributed by atoms with Crippen LogP contribution in [0.3, 0.4) is 0 Å². The average Bonchev–Trinajstić information content (AvgIpc) is 2.19. The highest BCUT2D eigenvalue weighted by Crippen LogP contribution is 2.48. The van der Waals surface area contributed by atoms with Gasteiger partial charge in [0.05, 0.1) is 6.61 Å². The molecule has 0 radical (unpaired) electrons. The largest absolute Gasteiger partial charge is 0.589 e. The molecular weight excluding hydrogens is 219 g/mol. The van der Waals surface area contributed by atoms with Crippen LogP contribution in [0.4, 0.5) is 0 Å². The molecule has 0 fully saturated rings. The predicted octanol–water partition coefficient (Wildman–Crippen LogP) is 2.38. The Kier molecular flexibility index (Phi) is 4.34. The first-order chi connectivity index (χ1) is 7.20. The fourth-order valence-corrected chi connectivity index (χ4v) is 1.86. The van der Waals surface area contributed by atoms with Crippen LogP contribution < -0.4 is 4.52 Å². The molecule has 0 aliphatic rings. The summed E-state index contributed by atoms with van der Waals surface area (Å²) in [5.74, 6) is 0.316. The number of phosphoric acid groups is 1. The second kappa shape index (κ2) is 5.53. The van der Waals surface area contributed by atoms with Gasteiger partial charge >= 0.3 is 14.3 Å². The van der Waals surface area contributed by atoms with Crippen LogP contribution >= 0.6 is 7.82 Å². The Morgan fingerprint density at radius 3 is 2.53 bits per heavy atom. The second-order valence-corrected chi connectivity index (χ2v) is 4.02. The van der Waals surface area contributed by atoms with Crippen molar-refractivity contribution in [2.75, 3.05) is 6.61 Å². The molecule has 1 aromatic rings. The van der Waals surface area contributed by atoms with Gasteiger partial charge in [-0.1, -0.05) is 18.2 Å². The zero-order valence-corrected chi connectivity index (χ0v) is 9.05. The van der Waals surface area contributed by atoms with E-state index in [2.05, 4.69) is 4.52 Å². The van der Waals surface area contributed by atoms with Crippen LogP contribution in [0.15, 0.2) is 30.3 Å². The predicted molar refractivity (Wildman–Crippen MR) is 53.5 cm³/mol. The normalized spacial score (nSPS) is 13.9. The SMILES string of the molecule is CCOP(=O)(OC=O)Oc1ccccc1. The van der Waals surface area contributed by atoms with Gasteiger partial charge < -0.3 is 9.05 Å². The number of hydrogen-bond acceptors (Lipinski definition) is 5. The molecule has 1 rings (SSSR count). The number of benzene rings is 1. The third-order valence-electron chi connectivity index (χ3n) is 1.42. The number of para-hydroxylation sites is 1. The maximum Gasteiger partial charge on any atom is 0.589 e. The minimum atomic E-state index is -3.81. The molecule has 82 valence electrons. The summed E-state index contributed by atoms with van der Waals surface area (Å²) in [6, 6.07) is 8.35. The van der Waals surface area contributed by atoms with E-state index in [1.807, 2.05) is 0 Å². The van der Waals surface area contributed by atoms with E-state index >= 15 is 0 Å². The van der Waals surface area contributed by atoms with Crippen LogP contribution in [0.2, 0.25) is 0 Å². The van der Waals surface area contributed by atoms with Crippen LogP contribution in [0.5, 0.6) is 5.75 Å². The Balaban J connectivity index is 2.75. The standard InChI is InChI=1S/C9H11O5P/c1-2-12-15(11,13-8-10)14-9-6-4-3-5-7-9/h3-8H,2H2,1H3. The number of hydrogen-bond donors (Lipinski definition) is 0. The van der Waals surface area contributed by atoms with Crippen LogP contribution in [-0.2, 0) is 18.4 Å². The molecule has 1 aromatic carbocycles. The molecule has 0 heterocycles. The Hall–Kier alpha value is -1.32. The summed E-state index contributed by atoms with van der Waals surface area (Å²) in [4.78, 5) is 10.1. The van der Waals surface area contributed by atoms with E-state index in [9.17, 15) is 9.36 Å². The van der Waals surface area contributed by atoms with Crippen molar-refractivity contribution in [1.82, 2.24) is 0 Å². The fourth-order valence-electron chi connectivity index (χ4n) is 0.900. The van der Waals surface area contributed by atoms with Gasteiger partial charge in [-0.15, -0.1) is 0 Å². The quantitative estimate of drug-likeness (QED) is 0.554. The lowest BCUT2D eigenvalue weighted by molar-refractivity contribution is -0.122. The molecule has 5 nitrogen and oxygen atoms in total. The van der Waals surface area contributed by atoms with Crippen molar-refractivity contribution in [1.29, 1.82) is 0 Å². The van der Waals surface area contributed by atoms with Gasteiger partial charge in [-0.25, -0.2) is 4.57 Å². The summed E-state index contributed by atoms with van der Waals surface area (Å²) in [5.41, 5.74) is 0. The Morgan fingerprint density at radius 2 is 2.00 bits per heavy atom. The molecule has 15 heavy (non-hydrogen) atoms. The van der Waals surface area contributed by atoms with E-state index < -0.39 is 7.82 Å². The van der Waals surface area contributed by atoms with Crippen LogP contribution in [0, 0.1) is 0 Å². The van der Waals surface area contributed by atoms with Crippen LogP contribution in [-0.4, -0.2) is 13.1 Å². The van der Waals surface area contributed by atoms with Crippen molar-refractivity contribution in [3.63, 3.8) is 0 Å². The van der Waals surface area contributed by atoms with Crippen molar-refractivity contribution < 1.29 is 22.9 Å². The topological polar surface area (TPSA) is 61.8 Å². The molecule has 0 bridgehead atoms. The molecule has 0 saturated heterocycles. The molecule has 0 aliphatic heterocycles. The number of carbonyl (C=O) groups excluding carboxylic acids is 1. The molecule has 0 spiro atoms. The first-order valence-electron chi connectivity index (χ1n) is 4.31. The van der Waals surface area contributed by atoms with Crippen molar-refractivity contribution in [3.8, 4) is 5.75 Å². The fraction of sp³-hybridized carbons (Fsp3) is 0.222. The Morgan fingerprint density at radius 1 is 1.33 bits per heavy atom. The highest BCUT2D eigenvalue weighted by molar-refractivity contribution is 7.49. The van der Waals surface area contributed by atoms with Gasteiger partial charge in [-0.2, -0.15) is 0 Å². The zero-order chi connectivity index (χ0) is 11.1. The van der Waals surface area contributed by atoms with Gasteiger partial charge in [-0.3, -0.25) is 9.32 Å². The van der Waals surface area contributed by atoms with Gasteiger partial charge in [0.25, 0.3) is 0 Å². The second-order valence-electron chi connectivity index (χ2n) is 2.47. The van der Waals surface area contributed by atoms with E-state index in [4.69, 9.17) is 9.05 Å². The van der Waals surface area contributed by atoms with Crippen LogP contribution in [0.25, 0.3) is 0 Å². The molecule has 0 N–H and O–H groups in total. The minimum absolute atomic E-state index is 0.0410. The minimum Gasteiger partial charge on any atom is -0.395 e. The number of carbonyl (C=O) groups is 1. The summed E-state index contributed by atoms with van der Waals surface area (Å²) < 4.78 is 25.7. The average molecular weight is 230 g/mol. The van der Waals surface area contributed by atoms with Gasteiger partial charge in [-0.05, 0) is 19.1 Å². The van der Waals surface area contributed by atoms with E-state index in [0.29, 0.717) is 5.75 Å². The Labute approximate surface area is 87.6 Å². The van der Waals surface area contributed by atoms with Crippen molar-refractivity contribution in [3.05, 3.63) is 30.3 Å². The summed E-state index contributed by atoms with van der Waals surface area (Å²) in [6.07, 6.45) is 0. The Bertz CT molecular complexity index is 351. The van der Waals surface area contributed by atoms with Gasteiger partial charge in [0.15, 0.2) is 0 Å². The number of rotatable bonds is 6. The lowest BCUT2D eigenvalue weighted by atomic mass is 10.3. The highest BCUT2D eigenvalue weighted by atomic mass is 31.2. The van der Waals surface area contributed by atoms with Gasteiger partial charge in [0, 0.05) is 0 Å². The van der Waals surface area contributed by atoms with Crippen molar-refractivity contribution in [2.45, 2.75) is 6.92 Å². The molecule has 0 aliphatic carbocycles.